The summed E-state index contributed by atoms with van der Waals surface area (Å²) in [4.78, 5) is 26.5. The fourth-order valence-electron chi connectivity index (χ4n) is 7.85. The number of benzene rings is 2. The number of hydrogen-bond donors (Lipinski definition) is 3. The van der Waals surface area contributed by atoms with Crippen LogP contribution >= 0.6 is 0 Å². The number of halogens is 2. The molecule has 0 bridgehead atoms. The first-order chi connectivity index (χ1) is 22.6. The molecule has 0 aromatic heterocycles. The summed E-state index contributed by atoms with van der Waals surface area (Å²) in [5.74, 6) is -0.932. The molecule has 1 aliphatic heterocycles. The van der Waals surface area contributed by atoms with Crippen LogP contribution in [0.2, 0.25) is 0 Å². The van der Waals surface area contributed by atoms with Crippen LogP contribution in [0.5, 0.6) is 5.75 Å². The lowest BCUT2D eigenvalue weighted by Gasteiger charge is -2.30. The van der Waals surface area contributed by atoms with E-state index >= 15 is 8.78 Å². The molecule has 3 saturated carbocycles. The van der Waals surface area contributed by atoms with Gasteiger partial charge in [-0.3, -0.25) is 14.3 Å². The molecule has 0 unspecified atom stereocenters. The van der Waals surface area contributed by atoms with E-state index < -0.39 is 38.2 Å². The van der Waals surface area contributed by atoms with E-state index in [0.29, 0.717) is 47.3 Å². The molecule has 0 radical (unpaired) electrons. The smallest absolute Gasteiger partial charge is 0.259 e. The summed E-state index contributed by atoms with van der Waals surface area (Å²) in [6.07, 6.45) is 8.41. The molecule has 4 fully saturated rings. The number of nitrogens with one attached hydrogen (secondary N) is 3. The lowest BCUT2D eigenvalue weighted by atomic mass is 9.76. The van der Waals surface area contributed by atoms with E-state index in [4.69, 9.17) is 4.74 Å². The molecule has 2 amide bonds. The first kappa shape index (κ1) is 34.8. The fraction of sp³-hybridized carbons (Fsp3) is 0.622. The van der Waals surface area contributed by atoms with Crippen LogP contribution in [0.15, 0.2) is 36.4 Å². The van der Waals surface area contributed by atoms with Crippen molar-refractivity contribution in [1.29, 1.82) is 0 Å². The first-order valence-electron chi connectivity index (χ1n) is 17.5. The molecule has 3 atom stereocenters. The van der Waals surface area contributed by atoms with Crippen molar-refractivity contribution in [3.63, 3.8) is 0 Å². The molecule has 1 saturated heterocycles. The van der Waals surface area contributed by atoms with Crippen molar-refractivity contribution >= 4 is 21.8 Å². The molecular formula is C37H49F2N3O5S. The molecule has 3 aliphatic carbocycles. The lowest BCUT2D eigenvalue weighted by molar-refractivity contribution is -0.132. The fourth-order valence-corrected chi connectivity index (χ4v) is 8.60. The zero-order valence-electron chi connectivity index (χ0n) is 28.5. The van der Waals surface area contributed by atoms with Crippen molar-refractivity contribution in [3.05, 3.63) is 53.3 Å². The summed E-state index contributed by atoms with van der Waals surface area (Å²) in [6.45, 7) is 6.37. The minimum absolute atomic E-state index is 0.0376. The van der Waals surface area contributed by atoms with E-state index in [-0.39, 0.29) is 42.4 Å². The zero-order valence-corrected chi connectivity index (χ0v) is 29.3. The number of alkyl halides is 1. The van der Waals surface area contributed by atoms with E-state index in [9.17, 15) is 18.0 Å². The Labute approximate surface area is 283 Å². The van der Waals surface area contributed by atoms with Gasteiger partial charge in [0.05, 0.1) is 10.7 Å². The van der Waals surface area contributed by atoms with Crippen LogP contribution < -0.4 is 20.1 Å². The molecule has 11 heteroatoms. The highest BCUT2D eigenvalue weighted by Gasteiger charge is 2.54. The van der Waals surface area contributed by atoms with Gasteiger partial charge in [0, 0.05) is 36.5 Å². The normalized spacial score (nSPS) is 25.7. The van der Waals surface area contributed by atoms with E-state index in [1.165, 1.54) is 19.9 Å². The predicted octanol–water partition coefficient (Wildman–Crippen LogP) is 6.32. The Kier molecular flexibility index (Phi) is 9.43. The zero-order chi connectivity index (χ0) is 34.5. The number of carbonyl (C=O) groups is 2. The quantitative estimate of drug-likeness (QED) is 0.270. The second-order valence-corrected chi connectivity index (χ2v) is 17.6. The number of amides is 2. The SMILES string of the molecule is CC(C)S(=O)(=O)NC(=O)C(C)(C)c1ccc(O[C@@H]2CC[C@@H](NC(=O)[C@@]3(F)CNC4(CCCC4)C3)C2)c(-c2cccc(F)c2C2CCC2)c1. The van der Waals surface area contributed by atoms with Crippen LogP contribution in [-0.4, -0.2) is 55.4 Å². The summed E-state index contributed by atoms with van der Waals surface area (Å²) in [7, 11) is -3.85. The van der Waals surface area contributed by atoms with E-state index in [1.54, 1.807) is 38.1 Å². The number of rotatable bonds is 10. The Morgan fingerprint density at radius 1 is 1.02 bits per heavy atom. The van der Waals surface area contributed by atoms with E-state index in [1.807, 2.05) is 6.07 Å². The Bertz CT molecular complexity index is 1670. The number of hydrogen-bond acceptors (Lipinski definition) is 6. The minimum atomic E-state index is -3.85. The van der Waals surface area contributed by atoms with E-state index in [2.05, 4.69) is 15.4 Å². The summed E-state index contributed by atoms with van der Waals surface area (Å²) in [5.41, 5.74) is -0.949. The number of ether oxygens (including phenoxy) is 1. The maximum absolute atomic E-state index is 15.8. The summed E-state index contributed by atoms with van der Waals surface area (Å²) in [6, 6.07) is 10.1. The Balaban J connectivity index is 1.24. The minimum Gasteiger partial charge on any atom is -0.490 e. The van der Waals surface area contributed by atoms with Crippen molar-refractivity contribution in [2.75, 3.05) is 6.54 Å². The second kappa shape index (κ2) is 13.0. The Morgan fingerprint density at radius 3 is 2.42 bits per heavy atom. The highest BCUT2D eigenvalue weighted by molar-refractivity contribution is 7.90. The Hall–Kier alpha value is -3.05. The van der Waals surface area contributed by atoms with Crippen LogP contribution in [0.1, 0.15) is 115 Å². The van der Waals surface area contributed by atoms with Gasteiger partial charge < -0.3 is 15.4 Å². The van der Waals surface area contributed by atoms with Crippen molar-refractivity contribution in [3.8, 4) is 16.9 Å². The molecule has 8 nitrogen and oxygen atoms in total. The van der Waals surface area contributed by atoms with Crippen molar-refractivity contribution in [2.45, 2.75) is 138 Å². The monoisotopic (exact) mass is 685 g/mol. The van der Waals surface area contributed by atoms with Crippen LogP contribution in [0, 0.1) is 5.82 Å². The van der Waals surface area contributed by atoms with Gasteiger partial charge >= 0.3 is 0 Å². The molecule has 1 heterocycles. The maximum Gasteiger partial charge on any atom is 0.259 e. The molecule has 48 heavy (non-hydrogen) atoms. The van der Waals surface area contributed by atoms with Gasteiger partial charge in [-0.25, -0.2) is 17.2 Å². The third kappa shape index (κ3) is 6.73. The number of carbonyl (C=O) groups excluding carboxylic acids is 2. The van der Waals surface area contributed by atoms with Crippen LogP contribution in [0.3, 0.4) is 0 Å². The van der Waals surface area contributed by atoms with Crippen molar-refractivity contribution in [2.24, 2.45) is 0 Å². The van der Waals surface area contributed by atoms with Crippen LogP contribution in [-0.2, 0) is 25.0 Å². The number of sulfonamides is 1. The first-order valence-corrected chi connectivity index (χ1v) is 19.1. The van der Waals surface area contributed by atoms with Gasteiger partial charge in [-0.1, -0.05) is 37.5 Å². The standard InChI is InChI=1S/C37H49F2N3O5S/c1-23(2)48(45,46)42-33(43)35(3,4)25-13-16-31(29(19-25)28-11-8-12-30(38)32(28)24-9-7-10-24)47-27-15-14-26(20-27)41-34(44)37(39)21-36(40-22-37)17-5-6-18-36/h8,11-13,16,19,23-24,26-27,40H,5-7,9-10,14-15,17-18,20-22H2,1-4H3,(H,41,44)(H,42,43)/t26-,27-,37+/m1/s1. The summed E-state index contributed by atoms with van der Waals surface area (Å²) >= 11 is 0. The molecule has 4 aliphatic rings. The topological polar surface area (TPSA) is 114 Å². The van der Waals surface area contributed by atoms with Gasteiger partial charge in [0.15, 0.2) is 0 Å². The molecule has 3 N–H and O–H groups in total. The average Bonchev–Trinajstić information content (AvgIpc) is 3.74. The third-order valence-corrected chi connectivity index (χ3v) is 13.0. The van der Waals surface area contributed by atoms with Gasteiger partial charge in [-0.2, -0.15) is 0 Å². The van der Waals surface area contributed by atoms with E-state index in [0.717, 1.165) is 44.9 Å². The van der Waals surface area contributed by atoms with Gasteiger partial charge in [0.25, 0.3) is 5.91 Å². The molecule has 2 aromatic rings. The third-order valence-electron chi connectivity index (χ3n) is 11.3. The van der Waals surface area contributed by atoms with Crippen LogP contribution in [0.4, 0.5) is 8.78 Å². The largest absolute Gasteiger partial charge is 0.490 e. The van der Waals surface area contributed by atoms with Crippen LogP contribution in [0.25, 0.3) is 11.1 Å². The average molecular weight is 686 g/mol. The van der Waals surface area contributed by atoms with Crippen molar-refractivity contribution in [1.82, 2.24) is 15.4 Å². The maximum atomic E-state index is 15.8. The molecule has 262 valence electrons. The Morgan fingerprint density at radius 2 is 1.75 bits per heavy atom. The highest BCUT2D eigenvalue weighted by atomic mass is 32.2. The molecule has 1 spiro atoms. The van der Waals surface area contributed by atoms with Crippen molar-refractivity contribution < 1.29 is 31.5 Å². The lowest BCUT2D eigenvalue weighted by Crippen LogP contribution is -2.48. The van der Waals surface area contributed by atoms with Gasteiger partial charge in [0.2, 0.25) is 21.6 Å². The van der Waals surface area contributed by atoms with Gasteiger partial charge in [0.1, 0.15) is 17.7 Å². The molecule has 2 aromatic carbocycles. The van der Waals surface area contributed by atoms with Gasteiger partial charge in [-0.05, 0) is 107 Å². The summed E-state index contributed by atoms with van der Waals surface area (Å²) in [5, 5.41) is 5.50. The summed E-state index contributed by atoms with van der Waals surface area (Å²) < 4.78 is 65.2. The molecule has 6 rings (SSSR count). The molecular weight excluding hydrogens is 636 g/mol. The predicted molar refractivity (Wildman–Crippen MR) is 182 cm³/mol. The highest BCUT2D eigenvalue weighted by Crippen LogP contribution is 2.46. The second-order valence-electron chi connectivity index (χ2n) is 15.4. The van der Waals surface area contributed by atoms with Gasteiger partial charge in [-0.15, -0.1) is 0 Å².